The maximum absolute atomic E-state index is 12.0. The van der Waals surface area contributed by atoms with Gasteiger partial charge in [0.25, 0.3) is 0 Å². The van der Waals surface area contributed by atoms with E-state index >= 15 is 0 Å². The Balaban J connectivity index is 2.35. The molecule has 0 radical (unpaired) electrons. The number of methoxy groups -OCH3 is 1. The molecule has 1 aliphatic rings. The van der Waals surface area contributed by atoms with Crippen LogP contribution in [0.4, 0.5) is 0 Å². The summed E-state index contributed by atoms with van der Waals surface area (Å²) in [6.07, 6.45) is 3.39. The average Bonchev–Trinajstić information content (AvgIpc) is 2.77. The number of aliphatic carboxylic acids is 1. The van der Waals surface area contributed by atoms with Crippen molar-refractivity contribution in [1.82, 2.24) is 4.90 Å². The summed E-state index contributed by atoms with van der Waals surface area (Å²) in [7, 11) is 1.52. The maximum atomic E-state index is 12.0. The highest BCUT2D eigenvalue weighted by Gasteiger charge is 2.24. The summed E-state index contributed by atoms with van der Waals surface area (Å²) in [5.41, 5.74) is 0. The van der Waals surface area contributed by atoms with Crippen molar-refractivity contribution in [3.63, 3.8) is 0 Å². The van der Waals surface area contributed by atoms with E-state index in [9.17, 15) is 9.59 Å². The van der Waals surface area contributed by atoms with E-state index in [0.29, 0.717) is 26.0 Å². The molecule has 2 atom stereocenters. The summed E-state index contributed by atoms with van der Waals surface area (Å²) >= 11 is 0. The Labute approximate surface area is 113 Å². The number of carbonyl (C=O) groups excluding carboxylic acids is 1. The predicted octanol–water partition coefficient (Wildman–Crippen LogP) is 0.894. The molecule has 1 rings (SSSR count). The molecule has 0 aromatic carbocycles. The Hall–Kier alpha value is -1.14. The lowest BCUT2D eigenvalue weighted by Crippen LogP contribution is -2.38. The second-order valence-corrected chi connectivity index (χ2v) is 4.89. The highest BCUT2D eigenvalue weighted by atomic mass is 16.5. The molecule has 0 aromatic heterocycles. The third-order valence-electron chi connectivity index (χ3n) is 3.24. The van der Waals surface area contributed by atoms with Gasteiger partial charge in [0.15, 0.2) is 0 Å². The lowest BCUT2D eigenvalue weighted by Gasteiger charge is -2.21. The van der Waals surface area contributed by atoms with Gasteiger partial charge in [-0.15, -0.1) is 0 Å². The number of rotatable bonds is 8. The lowest BCUT2D eigenvalue weighted by atomic mass is 10.1. The van der Waals surface area contributed by atoms with Gasteiger partial charge < -0.3 is 19.5 Å². The van der Waals surface area contributed by atoms with E-state index in [1.807, 2.05) is 6.92 Å². The van der Waals surface area contributed by atoms with Gasteiger partial charge in [-0.25, -0.2) is 0 Å². The molecule has 0 spiro atoms. The molecule has 0 unspecified atom stereocenters. The van der Waals surface area contributed by atoms with Crippen LogP contribution in [-0.4, -0.2) is 60.9 Å². The monoisotopic (exact) mass is 273 g/mol. The molecule has 1 aliphatic heterocycles. The van der Waals surface area contributed by atoms with Gasteiger partial charge in [-0.3, -0.25) is 9.59 Å². The van der Waals surface area contributed by atoms with Gasteiger partial charge in [-0.2, -0.15) is 0 Å². The second-order valence-electron chi connectivity index (χ2n) is 4.89. The first-order valence-electron chi connectivity index (χ1n) is 6.67. The van der Waals surface area contributed by atoms with Gasteiger partial charge in [0, 0.05) is 20.1 Å². The van der Waals surface area contributed by atoms with Crippen LogP contribution in [-0.2, 0) is 19.1 Å². The number of amides is 1. The molecule has 1 saturated heterocycles. The summed E-state index contributed by atoms with van der Waals surface area (Å²) in [4.78, 5) is 24.0. The molecular weight excluding hydrogens is 250 g/mol. The molecule has 0 bridgehead atoms. The fourth-order valence-corrected chi connectivity index (χ4v) is 2.20. The van der Waals surface area contributed by atoms with Crippen LogP contribution in [0.25, 0.3) is 0 Å². The lowest BCUT2D eigenvalue weighted by molar-refractivity contribution is -0.145. The summed E-state index contributed by atoms with van der Waals surface area (Å²) in [5.74, 6) is -1.15. The number of hydrogen-bond acceptors (Lipinski definition) is 4. The van der Waals surface area contributed by atoms with E-state index in [0.717, 1.165) is 12.8 Å². The van der Waals surface area contributed by atoms with Crippen LogP contribution in [0.2, 0.25) is 0 Å². The molecule has 0 aliphatic carbocycles. The van der Waals surface area contributed by atoms with Crippen LogP contribution < -0.4 is 0 Å². The molecule has 1 heterocycles. The fourth-order valence-electron chi connectivity index (χ4n) is 2.20. The van der Waals surface area contributed by atoms with E-state index in [-0.39, 0.29) is 24.7 Å². The van der Waals surface area contributed by atoms with Crippen molar-refractivity contribution < 1.29 is 24.2 Å². The number of ether oxygens (including phenoxy) is 2. The minimum atomic E-state index is -1.00. The molecule has 1 fully saturated rings. The van der Waals surface area contributed by atoms with Gasteiger partial charge in [-0.05, 0) is 26.2 Å². The van der Waals surface area contributed by atoms with Crippen LogP contribution in [0.15, 0.2) is 0 Å². The van der Waals surface area contributed by atoms with E-state index in [1.165, 1.54) is 12.0 Å². The Kier molecular flexibility index (Phi) is 6.80. The van der Waals surface area contributed by atoms with Gasteiger partial charge in [0.05, 0.1) is 18.8 Å². The molecule has 110 valence electrons. The first-order valence-corrected chi connectivity index (χ1v) is 6.67. The average molecular weight is 273 g/mol. The Morgan fingerprint density at radius 1 is 1.42 bits per heavy atom. The first-order chi connectivity index (χ1) is 9.02. The molecule has 6 heteroatoms. The second kappa shape index (κ2) is 8.12. The Bertz CT molecular complexity index is 307. The normalized spacial score (nSPS) is 22.4. The number of hydrogen-bond donors (Lipinski definition) is 1. The predicted molar refractivity (Wildman–Crippen MR) is 68.9 cm³/mol. The van der Waals surface area contributed by atoms with Crippen LogP contribution in [0.5, 0.6) is 0 Å². The van der Waals surface area contributed by atoms with Gasteiger partial charge in [0.2, 0.25) is 5.91 Å². The summed E-state index contributed by atoms with van der Waals surface area (Å²) in [6, 6.07) is 0. The largest absolute Gasteiger partial charge is 0.480 e. The standard InChI is InChI=1S/C13H23NO5/c1-10-3-4-11(19-10)5-6-12(15)14(7-8-18-2)9-13(16)17/h10-11H,3-9H2,1-2H3,(H,16,17)/t10-,11+/m1/s1. The van der Waals surface area contributed by atoms with Crippen molar-refractivity contribution in [2.24, 2.45) is 0 Å². The van der Waals surface area contributed by atoms with Gasteiger partial charge in [-0.1, -0.05) is 0 Å². The van der Waals surface area contributed by atoms with E-state index in [1.54, 1.807) is 0 Å². The van der Waals surface area contributed by atoms with Crippen molar-refractivity contribution in [2.45, 2.75) is 44.8 Å². The zero-order chi connectivity index (χ0) is 14.3. The number of carboxylic acid groups (broad SMARTS) is 1. The zero-order valence-electron chi connectivity index (χ0n) is 11.6. The maximum Gasteiger partial charge on any atom is 0.323 e. The Morgan fingerprint density at radius 2 is 2.16 bits per heavy atom. The quantitative estimate of drug-likeness (QED) is 0.711. The number of nitrogens with zero attached hydrogens (tertiary/aromatic N) is 1. The third kappa shape index (κ3) is 6.02. The van der Waals surface area contributed by atoms with Crippen molar-refractivity contribution in [3.05, 3.63) is 0 Å². The molecular formula is C13H23NO5. The molecule has 0 saturated carbocycles. The molecule has 1 N–H and O–H groups in total. The van der Waals surface area contributed by atoms with E-state index in [2.05, 4.69) is 0 Å². The minimum absolute atomic E-state index is 0.132. The third-order valence-corrected chi connectivity index (χ3v) is 3.24. The van der Waals surface area contributed by atoms with Gasteiger partial charge in [0.1, 0.15) is 6.54 Å². The smallest absolute Gasteiger partial charge is 0.323 e. The molecule has 6 nitrogen and oxygen atoms in total. The minimum Gasteiger partial charge on any atom is -0.480 e. The topological polar surface area (TPSA) is 76.1 Å². The van der Waals surface area contributed by atoms with Crippen LogP contribution in [0.3, 0.4) is 0 Å². The van der Waals surface area contributed by atoms with Gasteiger partial charge >= 0.3 is 5.97 Å². The first kappa shape index (κ1) is 15.9. The highest BCUT2D eigenvalue weighted by molar-refractivity contribution is 5.81. The van der Waals surface area contributed by atoms with E-state index in [4.69, 9.17) is 14.6 Å². The number of carbonyl (C=O) groups is 2. The summed E-state index contributed by atoms with van der Waals surface area (Å²) in [6.45, 7) is 2.40. The fraction of sp³-hybridized carbons (Fsp3) is 0.846. The van der Waals surface area contributed by atoms with Crippen molar-refractivity contribution in [2.75, 3.05) is 26.8 Å². The van der Waals surface area contributed by atoms with Crippen molar-refractivity contribution in [3.8, 4) is 0 Å². The van der Waals surface area contributed by atoms with Crippen LogP contribution >= 0.6 is 0 Å². The highest BCUT2D eigenvalue weighted by Crippen LogP contribution is 2.22. The molecule has 1 amide bonds. The SMILES string of the molecule is COCCN(CC(=O)O)C(=O)CC[C@@H]1CC[C@@H](C)O1. The summed E-state index contributed by atoms with van der Waals surface area (Å²) in [5, 5.41) is 8.79. The molecule has 0 aromatic rings. The van der Waals surface area contributed by atoms with Crippen LogP contribution in [0.1, 0.15) is 32.6 Å². The van der Waals surface area contributed by atoms with Crippen LogP contribution in [0, 0.1) is 0 Å². The number of carboxylic acids is 1. The molecule has 19 heavy (non-hydrogen) atoms. The zero-order valence-corrected chi connectivity index (χ0v) is 11.6. The van der Waals surface area contributed by atoms with E-state index < -0.39 is 5.97 Å². The van der Waals surface area contributed by atoms with Crippen molar-refractivity contribution >= 4 is 11.9 Å². The van der Waals surface area contributed by atoms with Crippen molar-refractivity contribution in [1.29, 1.82) is 0 Å². The Morgan fingerprint density at radius 3 is 2.68 bits per heavy atom. The summed E-state index contributed by atoms with van der Waals surface area (Å²) < 4.78 is 10.5.